The van der Waals surface area contributed by atoms with Crippen molar-refractivity contribution in [3.8, 4) is 34.2 Å². The van der Waals surface area contributed by atoms with E-state index >= 15 is 0 Å². The number of ether oxygens (including phenoxy) is 2. The number of aromatic nitrogens is 9. The third kappa shape index (κ3) is 17.6. The van der Waals surface area contributed by atoms with Crippen LogP contribution in [0.5, 0.6) is 0 Å². The van der Waals surface area contributed by atoms with Gasteiger partial charge in [0.1, 0.15) is 33.0 Å². The number of hydrogen-bond donors (Lipinski definition) is 5. The molecule has 0 aliphatic heterocycles. The largest absolute Gasteiger partial charge is 0.443 e. The highest BCUT2D eigenvalue weighted by atomic mass is 35.5. The number of amides is 2. The fourth-order valence-electron chi connectivity index (χ4n) is 7.62. The molecule has 0 fully saturated rings. The lowest BCUT2D eigenvalue weighted by Crippen LogP contribution is -2.28. The van der Waals surface area contributed by atoms with Gasteiger partial charge in [-0.15, -0.1) is 0 Å². The van der Waals surface area contributed by atoms with Crippen LogP contribution in [0.25, 0.3) is 67.3 Å². The summed E-state index contributed by atoms with van der Waals surface area (Å²) in [4.78, 5) is 96.0. The second-order valence-electron chi connectivity index (χ2n) is 20.0. The summed E-state index contributed by atoms with van der Waals surface area (Å²) in [6, 6.07) is 33.6. The van der Waals surface area contributed by atoms with Gasteiger partial charge in [0.2, 0.25) is 11.8 Å². The number of anilines is 1. The van der Waals surface area contributed by atoms with Gasteiger partial charge in [-0.05, 0) is 59.7 Å². The van der Waals surface area contributed by atoms with E-state index in [9.17, 15) is 24.0 Å². The number of aliphatic imine (C=N–C) groups is 2. The first-order chi connectivity index (χ1) is 39.5. The van der Waals surface area contributed by atoms with E-state index in [0.717, 1.165) is 43.8 Å². The molecule has 83 heavy (non-hydrogen) atoms. The molecule has 432 valence electrons. The van der Waals surface area contributed by atoms with E-state index in [2.05, 4.69) is 60.8 Å². The summed E-state index contributed by atoms with van der Waals surface area (Å²) in [6.07, 6.45) is 2.62. The number of carbonyl (C=O) groups is 5. The first-order valence-corrected chi connectivity index (χ1v) is 26.7. The Kier molecular flexibility index (Phi) is 21.9. The van der Waals surface area contributed by atoms with E-state index in [-0.39, 0.29) is 33.5 Å². The monoisotopic (exact) mass is 1170 g/mol. The molecule has 3 aromatic carbocycles. The molecule has 0 unspecified atom stereocenters. The van der Waals surface area contributed by atoms with E-state index in [1.54, 1.807) is 53.4 Å². The number of benzene rings is 3. The zero-order valence-corrected chi connectivity index (χ0v) is 49.1. The third-order valence-electron chi connectivity index (χ3n) is 11.0. The molecule has 0 spiro atoms. The molecule has 0 saturated heterocycles. The lowest BCUT2D eigenvalue weighted by atomic mass is 10.2. The predicted molar refractivity (Wildman–Crippen MR) is 326 cm³/mol. The summed E-state index contributed by atoms with van der Waals surface area (Å²) in [7, 11) is 3.35. The third-order valence-corrected chi connectivity index (χ3v) is 11.6. The summed E-state index contributed by atoms with van der Waals surface area (Å²) < 4.78 is 13.4. The van der Waals surface area contributed by atoms with E-state index in [1.807, 2.05) is 118 Å². The molecule has 6 aromatic heterocycles. The molecular weight excluding hydrogens is 1100 g/mol. The van der Waals surface area contributed by atoms with Crippen LogP contribution in [0.1, 0.15) is 77.3 Å². The number of nitrogens with two attached hydrogens (primary N) is 1. The molecule has 0 radical (unpaired) electrons. The van der Waals surface area contributed by atoms with Crippen LogP contribution in [-0.4, -0.2) is 138 Å². The van der Waals surface area contributed by atoms with Crippen molar-refractivity contribution in [1.82, 2.24) is 54.7 Å². The molecule has 6 heterocycles. The number of aromatic amines is 1. The van der Waals surface area contributed by atoms with Crippen LogP contribution in [0.15, 0.2) is 119 Å². The van der Waals surface area contributed by atoms with Crippen molar-refractivity contribution in [2.24, 2.45) is 15.7 Å². The summed E-state index contributed by atoms with van der Waals surface area (Å²) in [5, 5.41) is 10.9. The van der Waals surface area contributed by atoms with Gasteiger partial charge in [0, 0.05) is 83.2 Å². The Bertz CT molecular complexity index is 3780. The summed E-state index contributed by atoms with van der Waals surface area (Å²) >= 11 is 12.6. The van der Waals surface area contributed by atoms with Crippen molar-refractivity contribution in [1.29, 1.82) is 0 Å². The van der Waals surface area contributed by atoms with Crippen LogP contribution in [0.3, 0.4) is 0 Å². The standard InChI is InChI=1S/C19H19ClN4O2.C18H16ClN3O3.C18H20N6O.C4H10N2O/c1-19(2,3)26-18(25)24-13(11-21-4)10-14-15(20)22-16(23-17(14)24)12-8-6-5-7-9-12;1-18(2,3)25-17(24)22-12(10-23)9-13-14(19)20-15(21-16(13)22)11-7-5-4-6-8-11;1-12(25)20-8-9-21-17-15-10-14(11-19-2)22-18(15)24-16(23-17)13-6-4-3-5-7-13;1-4(7)6-3-2-5/h5-11H,1-4H3;4-10H,1-3H3;3-7,10-11H,8-9H2,1-2H3,(H,20,25)(H2,21,22,23,24);2-3,5H2,1H3,(H,6,7). The number of H-pyrrole nitrogens is 1. The summed E-state index contributed by atoms with van der Waals surface area (Å²) in [6.45, 7) is 15.8. The number of aldehydes is 1. The van der Waals surface area contributed by atoms with Crippen molar-refractivity contribution in [2.45, 2.75) is 66.6 Å². The first-order valence-electron chi connectivity index (χ1n) is 26.0. The van der Waals surface area contributed by atoms with Gasteiger partial charge in [-0.2, -0.15) is 0 Å². The quantitative estimate of drug-likeness (QED) is 0.0329. The SMILES string of the molecule is CC(=O)NCCN.CC(C)(C)OC(=O)n1c(C=O)cc2c(Cl)nc(-c3ccccc3)nc21.CN=Cc1cc2c(Cl)nc(-c3ccccc3)nc2n1C(=O)OC(C)(C)C.CN=Cc1cc2c(NCCNC(C)=O)nc(-c3ccccc3)nc2[nH]1. The molecule has 0 atom stereocenters. The van der Waals surface area contributed by atoms with E-state index < -0.39 is 23.4 Å². The molecule has 2 amide bonds. The van der Waals surface area contributed by atoms with Gasteiger partial charge in [-0.1, -0.05) is 114 Å². The number of carbonyl (C=O) groups excluding carboxylic acids is 5. The maximum atomic E-state index is 12.8. The molecule has 0 bridgehead atoms. The fourth-order valence-corrected chi connectivity index (χ4v) is 8.06. The number of halogens is 2. The maximum Gasteiger partial charge on any atom is 0.420 e. The zero-order valence-electron chi connectivity index (χ0n) is 47.6. The van der Waals surface area contributed by atoms with Crippen molar-refractivity contribution in [2.75, 3.05) is 45.6 Å². The Hall–Kier alpha value is -9.25. The molecule has 0 aliphatic carbocycles. The van der Waals surface area contributed by atoms with Crippen molar-refractivity contribution < 1.29 is 33.4 Å². The minimum absolute atomic E-state index is 0.0227. The minimum atomic E-state index is -0.715. The van der Waals surface area contributed by atoms with Gasteiger partial charge in [-0.3, -0.25) is 24.4 Å². The molecule has 24 heteroatoms. The van der Waals surface area contributed by atoms with Crippen molar-refractivity contribution in [3.05, 3.63) is 137 Å². The Labute approximate surface area is 489 Å². The van der Waals surface area contributed by atoms with Crippen LogP contribution in [0.4, 0.5) is 15.4 Å². The smallest absolute Gasteiger partial charge is 0.420 e. The highest BCUT2D eigenvalue weighted by Crippen LogP contribution is 2.31. The summed E-state index contributed by atoms with van der Waals surface area (Å²) in [5.41, 5.74) is 9.04. The van der Waals surface area contributed by atoms with Crippen LogP contribution < -0.4 is 21.7 Å². The van der Waals surface area contributed by atoms with E-state index in [0.29, 0.717) is 72.1 Å². The van der Waals surface area contributed by atoms with Crippen LogP contribution in [-0.2, 0) is 19.1 Å². The molecule has 6 N–H and O–H groups in total. The molecule has 9 aromatic rings. The van der Waals surface area contributed by atoms with Crippen molar-refractivity contribution in [3.63, 3.8) is 0 Å². The molecule has 0 saturated carbocycles. The first kappa shape index (κ1) is 62.9. The number of fused-ring (bicyclic) bond motifs is 3. The van der Waals surface area contributed by atoms with Crippen LogP contribution in [0.2, 0.25) is 10.3 Å². The van der Waals surface area contributed by atoms with Crippen molar-refractivity contribution >= 4 is 105 Å². The van der Waals surface area contributed by atoms with Gasteiger partial charge in [0.05, 0.1) is 33.2 Å². The minimum Gasteiger partial charge on any atom is -0.443 e. The van der Waals surface area contributed by atoms with Gasteiger partial charge < -0.3 is 36.1 Å². The lowest BCUT2D eigenvalue weighted by molar-refractivity contribution is -0.119. The average Bonchev–Trinajstić information content (AvgIpc) is 2.82. The van der Waals surface area contributed by atoms with Gasteiger partial charge >= 0.3 is 12.2 Å². The average molecular weight is 1170 g/mol. The van der Waals surface area contributed by atoms with E-state index in [1.165, 1.54) is 24.5 Å². The lowest BCUT2D eigenvalue weighted by Gasteiger charge is -2.20. The second kappa shape index (κ2) is 28.9. The molecule has 22 nitrogen and oxygen atoms in total. The Morgan fingerprint density at radius 3 is 1.43 bits per heavy atom. The predicted octanol–water partition coefficient (Wildman–Crippen LogP) is 10.2. The number of hydrogen-bond acceptors (Lipinski definition) is 17. The normalized spacial score (nSPS) is 11.3. The van der Waals surface area contributed by atoms with Gasteiger partial charge in [0.15, 0.2) is 35.1 Å². The number of nitrogens with one attached hydrogen (secondary N) is 4. The summed E-state index contributed by atoms with van der Waals surface area (Å²) in [5.74, 6) is 2.08. The van der Waals surface area contributed by atoms with Gasteiger partial charge in [-0.25, -0.2) is 48.6 Å². The Balaban J connectivity index is 0.000000189. The topological polar surface area (TPSA) is 294 Å². The number of rotatable bonds is 12. The fraction of sp³-hybridized carbons (Fsp3) is 0.271. The zero-order chi connectivity index (χ0) is 60.4. The second-order valence-corrected chi connectivity index (χ2v) is 20.7. The van der Waals surface area contributed by atoms with Gasteiger partial charge in [0.25, 0.3) is 0 Å². The number of nitrogens with zero attached hydrogens (tertiary/aromatic N) is 10. The molecular formula is C59H65Cl2N15O7. The van der Waals surface area contributed by atoms with Crippen LogP contribution >= 0.6 is 23.2 Å². The van der Waals surface area contributed by atoms with E-state index in [4.69, 9.17) is 38.4 Å². The highest BCUT2D eigenvalue weighted by Gasteiger charge is 2.26. The molecule has 0 aliphatic rings. The Morgan fingerprint density at radius 2 is 1.02 bits per heavy atom. The highest BCUT2D eigenvalue weighted by molar-refractivity contribution is 6.35. The van der Waals surface area contributed by atoms with Crippen LogP contribution in [0, 0.1) is 0 Å². The maximum absolute atomic E-state index is 12.8. The Morgan fingerprint density at radius 1 is 0.590 bits per heavy atom. The molecule has 9 rings (SSSR count).